The van der Waals surface area contributed by atoms with Crippen molar-refractivity contribution in [3.8, 4) is 0 Å². The van der Waals surface area contributed by atoms with Crippen LogP contribution < -0.4 is 5.32 Å². The van der Waals surface area contributed by atoms with Gasteiger partial charge in [0.1, 0.15) is 11.3 Å². The molecule has 1 heterocycles. The van der Waals surface area contributed by atoms with Gasteiger partial charge >= 0.3 is 12.1 Å². The van der Waals surface area contributed by atoms with Gasteiger partial charge in [-0.3, -0.25) is 5.32 Å². The first-order valence-corrected chi connectivity index (χ1v) is 9.75. The van der Waals surface area contributed by atoms with Gasteiger partial charge in [0.15, 0.2) is 0 Å². The first kappa shape index (κ1) is 20.3. The van der Waals surface area contributed by atoms with Crippen LogP contribution in [-0.4, -0.2) is 24.8 Å². The number of thiophene rings is 1. The van der Waals surface area contributed by atoms with Crippen molar-refractivity contribution in [2.75, 3.05) is 7.11 Å². The molecule has 1 aromatic carbocycles. The Bertz CT molecular complexity index is 862. The van der Waals surface area contributed by atoms with E-state index in [9.17, 15) is 9.59 Å². The number of benzene rings is 1. The minimum Gasteiger partial charge on any atom is -0.464 e. The molecule has 1 N–H and O–H groups in total. The number of fused-ring (bicyclic) bond motifs is 1. The molecule has 26 heavy (non-hydrogen) atoms. The Kier molecular flexibility index (Phi) is 6.36. The number of esters is 1. The first-order chi connectivity index (χ1) is 12.1. The van der Waals surface area contributed by atoms with E-state index in [4.69, 9.17) is 9.47 Å². The number of hydrogen-bond donors (Lipinski definition) is 1. The average molecular weight is 394 g/mol. The molecule has 0 aliphatic rings. The van der Waals surface area contributed by atoms with E-state index in [-0.39, 0.29) is 5.70 Å². The van der Waals surface area contributed by atoms with Crippen molar-refractivity contribution in [1.82, 2.24) is 5.32 Å². The molecule has 0 aliphatic heterocycles. The number of methoxy groups -OCH3 is 1. The van der Waals surface area contributed by atoms with Crippen molar-refractivity contribution in [3.05, 3.63) is 39.7 Å². The van der Waals surface area contributed by atoms with Crippen LogP contribution in [0.3, 0.4) is 0 Å². The van der Waals surface area contributed by atoms with Gasteiger partial charge in [-0.1, -0.05) is 11.8 Å². The fourth-order valence-corrected chi connectivity index (χ4v) is 3.97. The van der Waals surface area contributed by atoms with Gasteiger partial charge in [-0.25, -0.2) is 9.59 Å². The Labute approximate surface area is 161 Å². The zero-order chi connectivity index (χ0) is 19.5. The number of thioether (sulfide) groups is 1. The Balaban J connectivity index is 2.20. The van der Waals surface area contributed by atoms with Gasteiger partial charge in [-0.15, -0.1) is 11.3 Å². The second-order valence-corrected chi connectivity index (χ2v) is 8.91. The molecule has 140 valence electrons. The van der Waals surface area contributed by atoms with Crippen LogP contribution in [0.2, 0.25) is 0 Å². The van der Waals surface area contributed by atoms with E-state index >= 15 is 0 Å². The summed E-state index contributed by atoms with van der Waals surface area (Å²) in [6, 6.07) is 6.13. The standard InChI is InChI=1S/C19H23NO4S2/c1-11-12(2)26-16-8-7-13(9-14(11)16)25-10-15(17(21)23-6)20-18(22)24-19(3,4)5/h7-10H,1-6H3,(H,20,22)/b15-10+. The summed E-state index contributed by atoms with van der Waals surface area (Å²) >= 11 is 3.10. The maximum atomic E-state index is 11.9. The molecule has 0 bridgehead atoms. The summed E-state index contributed by atoms with van der Waals surface area (Å²) in [5.41, 5.74) is 0.638. The lowest BCUT2D eigenvalue weighted by Crippen LogP contribution is -2.34. The Morgan fingerprint density at radius 3 is 2.54 bits per heavy atom. The highest BCUT2D eigenvalue weighted by atomic mass is 32.2. The summed E-state index contributed by atoms with van der Waals surface area (Å²) in [6.07, 6.45) is -0.700. The minimum atomic E-state index is -0.700. The second-order valence-electron chi connectivity index (χ2n) is 6.71. The SMILES string of the molecule is COC(=O)/C(=C\Sc1ccc2sc(C)c(C)c2c1)NC(=O)OC(C)(C)C. The molecule has 0 aliphatic carbocycles. The van der Waals surface area contributed by atoms with E-state index in [0.29, 0.717) is 0 Å². The van der Waals surface area contributed by atoms with E-state index < -0.39 is 17.7 Å². The number of amides is 1. The largest absolute Gasteiger partial charge is 0.464 e. The normalized spacial score (nSPS) is 12.2. The number of alkyl carbamates (subject to hydrolysis) is 1. The molecule has 2 rings (SSSR count). The summed E-state index contributed by atoms with van der Waals surface area (Å²) in [7, 11) is 1.27. The number of carbonyl (C=O) groups excluding carboxylic acids is 2. The Morgan fingerprint density at radius 1 is 1.23 bits per heavy atom. The predicted octanol–water partition coefficient (Wildman–Crippen LogP) is 5.15. The molecule has 0 radical (unpaired) electrons. The zero-order valence-electron chi connectivity index (χ0n) is 15.8. The molecule has 0 atom stereocenters. The van der Waals surface area contributed by atoms with Gasteiger partial charge in [-0.05, 0) is 63.8 Å². The van der Waals surface area contributed by atoms with Crippen LogP contribution in [0.15, 0.2) is 34.2 Å². The fourth-order valence-electron chi connectivity index (χ4n) is 2.17. The average Bonchev–Trinajstić information content (AvgIpc) is 2.83. The highest BCUT2D eigenvalue weighted by Gasteiger charge is 2.20. The van der Waals surface area contributed by atoms with Crippen LogP contribution in [0.25, 0.3) is 10.1 Å². The maximum Gasteiger partial charge on any atom is 0.412 e. The summed E-state index contributed by atoms with van der Waals surface area (Å²) in [6.45, 7) is 9.46. The third kappa shape index (κ3) is 5.25. The predicted molar refractivity (Wildman–Crippen MR) is 107 cm³/mol. The van der Waals surface area contributed by atoms with Crippen molar-refractivity contribution in [2.45, 2.75) is 45.1 Å². The highest BCUT2D eigenvalue weighted by Crippen LogP contribution is 2.33. The molecular weight excluding hydrogens is 370 g/mol. The van der Waals surface area contributed by atoms with Crippen molar-refractivity contribution >= 4 is 45.2 Å². The molecule has 0 saturated carbocycles. The molecule has 0 saturated heterocycles. The van der Waals surface area contributed by atoms with Crippen LogP contribution in [0, 0.1) is 13.8 Å². The Morgan fingerprint density at radius 2 is 1.92 bits per heavy atom. The lowest BCUT2D eigenvalue weighted by atomic mass is 10.1. The van der Waals surface area contributed by atoms with Gasteiger partial charge in [0.25, 0.3) is 0 Å². The molecule has 0 unspecified atom stereocenters. The molecule has 0 spiro atoms. The highest BCUT2D eigenvalue weighted by molar-refractivity contribution is 8.02. The molecule has 2 aromatic rings. The van der Waals surface area contributed by atoms with Crippen molar-refractivity contribution in [3.63, 3.8) is 0 Å². The van der Waals surface area contributed by atoms with E-state index in [0.717, 1.165) is 4.90 Å². The van der Waals surface area contributed by atoms with Gasteiger partial charge in [-0.2, -0.15) is 0 Å². The third-order valence-electron chi connectivity index (χ3n) is 3.50. The molecule has 0 fully saturated rings. The fraction of sp³-hybridized carbons (Fsp3) is 0.368. The second kappa shape index (κ2) is 8.14. The zero-order valence-corrected chi connectivity index (χ0v) is 17.4. The summed E-state index contributed by atoms with van der Waals surface area (Å²) < 4.78 is 11.1. The number of rotatable bonds is 4. The first-order valence-electron chi connectivity index (χ1n) is 8.05. The quantitative estimate of drug-likeness (QED) is 0.442. The molecule has 5 nitrogen and oxygen atoms in total. The van der Waals surface area contributed by atoms with Gasteiger partial charge < -0.3 is 9.47 Å². The lowest BCUT2D eigenvalue weighted by molar-refractivity contribution is -0.136. The number of carbonyl (C=O) groups is 2. The van der Waals surface area contributed by atoms with E-state index in [1.807, 2.05) is 6.07 Å². The monoisotopic (exact) mass is 393 g/mol. The van der Waals surface area contributed by atoms with Crippen molar-refractivity contribution in [2.24, 2.45) is 0 Å². The molecule has 1 amide bonds. The van der Waals surface area contributed by atoms with E-state index in [2.05, 4.69) is 31.3 Å². The van der Waals surface area contributed by atoms with Crippen molar-refractivity contribution < 1.29 is 19.1 Å². The molecule has 7 heteroatoms. The van der Waals surface area contributed by atoms with Crippen LogP contribution in [0.4, 0.5) is 4.79 Å². The van der Waals surface area contributed by atoms with Gasteiger partial charge in [0.2, 0.25) is 0 Å². The van der Waals surface area contributed by atoms with E-state index in [1.165, 1.54) is 39.4 Å². The molecule has 1 aromatic heterocycles. The van der Waals surface area contributed by atoms with Gasteiger partial charge in [0.05, 0.1) is 7.11 Å². The van der Waals surface area contributed by atoms with Crippen LogP contribution in [0.1, 0.15) is 31.2 Å². The topological polar surface area (TPSA) is 64.6 Å². The summed E-state index contributed by atoms with van der Waals surface area (Å²) in [5.74, 6) is -0.632. The van der Waals surface area contributed by atoms with E-state index in [1.54, 1.807) is 37.5 Å². The molecular formula is C19H23NO4S2. The minimum absolute atomic E-state index is 0.0325. The smallest absolute Gasteiger partial charge is 0.412 e. The van der Waals surface area contributed by atoms with Crippen LogP contribution in [0.5, 0.6) is 0 Å². The number of ether oxygens (including phenoxy) is 2. The third-order valence-corrected chi connectivity index (χ3v) is 5.57. The summed E-state index contributed by atoms with van der Waals surface area (Å²) in [4.78, 5) is 26.1. The number of aryl methyl sites for hydroxylation is 2. The number of nitrogens with one attached hydrogen (secondary N) is 1. The lowest BCUT2D eigenvalue weighted by Gasteiger charge is -2.20. The number of hydrogen-bond acceptors (Lipinski definition) is 6. The summed E-state index contributed by atoms with van der Waals surface area (Å²) in [5, 5.41) is 5.21. The maximum absolute atomic E-state index is 11.9. The Hall–Kier alpha value is -1.99. The van der Waals surface area contributed by atoms with Crippen molar-refractivity contribution in [1.29, 1.82) is 0 Å². The van der Waals surface area contributed by atoms with Gasteiger partial charge in [0, 0.05) is 19.9 Å². The van der Waals surface area contributed by atoms with Crippen LogP contribution >= 0.6 is 23.1 Å². The van der Waals surface area contributed by atoms with Crippen LogP contribution in [-0.2, 0) is 14.3 Å².